The van der Waals surface area contributed by atoms with Crippen LogP contribution in [0.1, 0.15) is 43.1 Å². The van der Waals surface area contributed by atoms with Crippen molar-refractivity contribution < 1.29 is 5.11 Å². The molecule has 0 unspecified atom stereocenters. The minimum atomic E-state index is -0.217. The van der Waals surface area contributed by atoms with Crippen LogP contribution in [0.3, 0.4) is 0 Å². The Morgan fingerprint density at radius 1 is 1.43 bits per heavy atom. The van der Waals surface area contributed by atoms with E-state index in [9.17, 15) is 5.11 Å². The Kier molecular flexibility index (Phi) is 2.87. The van der Waals surface area contributed by atoms with E-state index in [0.717, 1.165) is 19.3 Å². The highest BCUT2D eigenvalue weighted by molar-refractivity contribution is 5.27. The molecule has 0 amide bonds. The van der Waals surface area contributed by atoms with Crippen LogP contribution < -0.4 is 0 Å². The average molecular weight is 194 g/mol. The molecule has 0 radical (unpaired) electrons. The summed E-state index contributed by atoms with van der Waals surface area (Å²) in [5.74, 6) is 0. The number of aliphatic hydroxyl groups excluding tert-OH is 1. The van der Waals surface area contributed by atoms with Crippen LogP contribution in [-0.2, 0) is 19.3 Å². The quantitative estimate of drug-likeness (QED) is 0.768. The van der Waals surface area contributed by atoms with Crippen molar-refractivity contribution in [3.8, 4) is 0 Å². The van der Waals surface area contributed by atoms with Crippen molar-refractivity contribution in [3.05, 3.63) is 17.0 Å². The van der Waals surface area contributed by atoms with E-state index in [2.05, 4.69) is 10.2 Å². The van der Waals surface area contributed by atoms with E-state index in [1.807, 2.05) is 6.92 Å². The Balaban J connectivity index is 2.06. The molecule has 2 rings (SSSR count). The molecule has 0 fully saturated rings. The van der Waals surface area contributed by atoms with Gasteiger partial charge in [-0.3, -0.25) is 5.10 Å². The van der Waals surface area contributed by atoms with E-state index in [4.69, 9.17) is 0 Å². The molecule has 14 heavy (non-hydrogen) atoms. The number of aliphatic hydroxyl groups is 1. The highest BCUT2D eigenvalue weighted by Crippen LogP contribution is 2.22. The second kappa shape index (κ2) is 4.13. The van der Waals surface area contributed by atoms with Crippen molar-refractivity contribution in [2.75, 3.05) is 0 Å². The first-order chi connectivity index (χ1) is 6.77. The van der Waals surface area contributed by atoms with Gasteiger partial charge in [0.05, 0.1) is 11.8 Å². The molecule has 0 spiro atoms. The van der Waals surface area contributed by atoms with E-state index in [1.165, 1.54) is 36.2 Å². The normalized spacial score (nSPS) is 17.9. The highest BCUT2D eigenvalue weighted by Gasteiger charge is 2.16. The number of rotatable bonds is 3. The summed E-state index contributed by atoms with van der Waals surface area (Å²) < 4.78 is 0. The van der Waals surface area contributed by atoms with Crippen LogP contribution >= 0.6 is 0 Å². The second-order valence-corrected chi connectivity index (χ2v) is 4.22. The van der Waals surface area contributed by atoms with Crippen LogP contribution in [0.4, 0.5) is 0 Å². The maximum atomic E-state index is 9.22. The lowest BCUT2D eigenvalue weighted by Crippen LogP contribution is -2.05. The molecule has 3 heteroatoms. The first kappa shape index (κ1) is 9.71. The Morgan fingerprint density at radius 2 is 2.21 bits per heavy atom. The maximum Gasteiger partial charge on any atom is 0.0657 e. The molecule has 0 saturated carbocycles. The van der Waals surface area contributed by atoms with E-state index in [0.29, 0.717) is 0 Å². The van der Waals surface area contributed by atoms with Gasteiger partial charge in [0.2, 0.25) is 0 Å². The Hall–Kier alpha value is -0.830. The number of nitrogens with one attached hydrogen (secondary N) is 1. The fourth-order valence-electron chi connectivity index (χ4n) is 2.10. The first-order valence-corrected chi connectivity index (χ1v) is 5.50. The Morgan fingerprint density at radius 3 is 3.00 bits per heavy atom. The van der Waals surface area contributed by atoms with Gasteiger partial charge in [0.25, 0.3) is 0 Å². The van der Waals surface area contributed by atoms with Gasteiger partial charge in [-0.1, -0.05) is 0 Å². The molecule has 3 nitrogen and oxygen atoms in total. The summed E-state index contributed by atoms with van der Waals surface area (Å²) in [4.78, 5) is 0. The molecule has 0 bridgehead atoms. The number of aryl methyl sites for hydroxylation is 2. The monoisotopic (exact) mass is 194 g/mol. The van der Waals surface area contributed by atoms with E-state index < -0.39 is 0 Å². The Labute approximate surface area is 84.5 Å². The van der Waals surface area contributed by atoms with Crippen molar-refractivity contribution in [1.29, 1.82) is 0 Å². The van der Waals surface area contributed by atoms with Crippen LogP contribution in [0.2, 0.25) is 0 Å². The summed E-state index contributed by atoms with van der Waals surface area (Å²) in [5.41, 5.74) is 3.94. The predicted molar refractivity (Wildman–Crippen MR) is 55.2 cm³/mol. The van der Waals surface area contributed by atoms with Crippen molar-refractivity contribution in [2.24, 2.45) is 0 Å². The third-order valence-corrected chi connectivity index (χ3v) is 2.94. The summed E-state index contributed by atoms with van der Waals surface area (Å²) in [5, 5.41) is 16.7. The molecule has 1 atom stereocenters. The predicted octanol–water partition coefficient (Wildman–Crippen LogP) is 1.60. The summed E-state index contributed by atoms with van der Waals surface area (Å²) in [6.07, 6.45) is 6.39. The summed E-state index contributed by atoms with van der Waals surface area (Å²) in [6.45, 7) is 1.83. The largest absolute Gasteiger partial charge is 0.393 e. The van der Waals surface area contributed by atoms with Gasteiger partial charge >= 0.3 is 0 Å². The number of hydrogen-bond acceptors (Lipinski definition) is 2. The molecule has 0 saturated heterocycles. The minimum Gasteiger partial charge on any atom is -0.393 e. The Bertz CT molecular complexity index is 304. The van der Waals surface area contributed by atoms with E-state index in [-0.39, 0.29) is 6.10 Å². The molecule has 1 aliphatic rings. The van der Waals surface area contributed by atoms with Crippen LogP contribution in [0.15, 0.2) is 0 Å². The lowest BCUT2D eigenvalue weighted by atomic mass is 9.94. The van der Waals surface area contributed by atoms with Crippen molar-refractivity contribution in [2.45, 2.75) is 51.6 Å². The highest BCUT2D eigenvalue weighted by atomic mass is 16.3. The SMILES string of the molecule is C[C@@H](O)CCc1n[nH]c2c1CCCC2. The zero-order chi connectivity index (χ0) is 9.97. The van der Waals surface area contributed by atoms with Gasteiger partial charge in [0, 0.05) is 5.69 Å². The maximum absolute atomic E-state index is 9.22. The molecule has 1 aromatic rings. The summed E-state index contributed by atoms with van der Waals surface area (Å²) in [7, 11) is 0. The van der Waals surface area contributed by atoms with Gasteiger partial charge in [0.1, 0.15) is 0 Å². The van der Waals surface area contributed by atoms with E-state index in [1.54, 1.807) is 0 Å². The van der Waals surface area contributed by atoms with Gasteiger partial charge in [-0.15, -0.1) is 0 Å². The molecule has 78 valence electrons. The number of aromatic amines is 1. The van der Waals surface area contributed by atoms with Gasteiger partial charge in [0.15, 0.2) is 0 Å². The minimum absolute atomic E-state index is 0.217. The number of nitrogens with zero attached hydrogens (tertiary/aromatic N) is 1. The van der Waals surface area contributed by atoms with Gasteiger partial charge in [-0.25, -0.2) is 0 Å². The zero-order valence-electron chi connectivity index (χ0n) is 8.71. The number of H-pyrrole nitrogens is 1. The molecule has 1 heterocycles. The smallest absolute Gasteiger partial charge is 0.0657 e. The van der Waals surface area contributed by atoms with E-state index >= 15 is 0 Å². The molecular weight excluding hydrogens is 176 g/mol. The molecule has 0 aliphatic heterocycles. The number of aromatic nitrogens is 2. The molecule has 2 N–H and O–H groups in total. The summed E-state index contributed by atoms with van der Waals surface area (Å²) >= 11 is 0. The van der Waals surface area contributed by atoms with Crippen LogP contribution in [0, 0.1) is 0 Å². The molecule has 1 aliphatic carbocycles. The van der Waals surface area contributed by atoms with Crippen LogP contribution in [0.25, 0.3) is 0 Å². The number of hydrogen-bond donors (Lipinski definition) is 2. The zero-order valence-corrected chi connectivity index (χ0v) is 8.71. The fourth-order valence-corrected chi connectivity index (χ4v) is 2.10. The molecule has 1 aromatic heterocycles. The van der Waals surface area contributed by atoms with Crippen molar-refractivity contribution in [3.63, 3.8) is 0 Å². The lowest BCUT2D eigenvalue weighted by Gasteiger charge is -2.11. The molecular formula is C11H18N2O. The number of fused-ring (bicyclic) bond motifs is 1. The molecule has 0 aromatic carbocycles. The third kappa shape index (κ3) is 1.98. The third-order valence-electron chi connectivity index (χ3n) is 2.94. The van der Waals surface area contributed by atoms with Crippen molar-refractivity contribution in [1.82, 2.24) is 10.2 Å². The topological polar surface area (TPSA) is 48.9 Å². The standard InChI is InChI=1S/C11H18N2O/c1-8(14)6-7-11-9-4-2-3-5-10(9)12-13-11/h8,14H,2-7H2,1H3,(H,12,13)/t8-/m1/s1. The average Bonchev–Trinajstić information content (AvgIpc) is 2.58. The van der Waals surface area contributed by atoms with Gasteiger partial charge < -0.3 is 5.11 Å². The van der Waals surface area contributed by atoms with Gasteiger partial charge in [-0.05, 0) is 51.0 Å². The summed E-state index contributed by atoms with van der Waals surface area (Å²) in [6, 6.07) is 0. The van der Waals surface area contributed by atoms with Gasteiger partial charge in [-0.2, -0.15) is 5.10 Å². The lowest BCUT2D eigenvalue weighted by molar-refractivity contribution is 0.184. The van der Waals surface area contributed by atoms with Crippen molar-refractivity contribution >= 4 is 0 Å². The fraction of sp³-hybridized carbons (Fsp3) is 0.727. The first-order valence-electron chi connectivity index (χ1n) is 5.50. The van der Waals surface area contributed by atoms with Crippen LogP contribution in [-0.4, -0.2) is 21.4 Å². The van der Waals surface area contributed by atoms with Crippen LogP contribution in [0.5, 0.6) is 0 Å². The second-order valence-electron chi connectivity index (χ2n) is 4.22.